The largest absolute Gasteiger partial charge is 0.383 e. The van der Waals surface area contributed by atoms with Gasteiger partial charge in [0.25, 0.3) is 0 Å². The number of carbonyl (C=O) groups excluding carboxylic acids is 1. The summed E-state index contributed by atoms with van der Waals surface area (Å²) < 4.78 is 27.2. The average molecular weight is 299 g/mol. The van der Waals surface area contributed by atoms with Crippen LogP contribution in [-0.2, 0) is 0 Å². The maximum absolute atomic E-state index is 12.9. The molecule has 1 heterocycles. The van der Waals surface area contributed by atoms with E-state index in [0.29, 0.717) is 11.3 Å². The van der Waals surface area contributed by atoms with Crippen LogP contribution in [0.25, 0.3) is 5.69 Å². The first-order valence-corrected chi connectivity index (χ1v) is 6.46. The van der Waals surface area contributed by atoms with Gasteiger partial charge in [-0.15, -0.1) is 0 Å². The second-order valence-corrected chi connectivity index (χ2v) is 4.67. The summed E-state index contributed by atoms with van der Waals surface area (Å²) in [5, 5.41) is 4.05. The topological polar surface area (TPSA) is 60.9 Å². The molecule has 0 atom stereocenters. The molecule has 0 aliphatic carbocycles. The van der Waals surface area contributed by atoms with E-state index in [2.05, 4.69) is 5.10 Å². The maximum Gasteiger partial charge on any atom is 0.198 e. The van der Waals surface area contributed by atoms with E-state index >= 15 is 0 Å². The minimum absolute atomic E-state index is 0.140. The Labute approximate surface area is 124 Å². The molecule has 0 spiro atoms. The third kappa shape index (κ3) is 2.46. The lowest BCUT2D eigenvalue weighted by Gasteiger charge is -2.05. The van der Waals surface area contributed by atoms with Crippen molar-refractivity contribution in [2.45, 2.75) is 0 Å². The van der Waals surface area contributed by atoms with Crippen LogP contribution < -0.4 is 5.73 Å². The molecule has 0 radical (unpaired) electrons. The van der Waals surface area contributed by atoms with Crippen molar-refractivity contribution in [3.63, 3.8) is 0 Å². The van der Waals surface area contributed by atoms with Crippen LogP contribution in [0, 0.1) is 11.6 Å². The Bertz CT molecular complexity index is 824. The molecule has 0 amide bonds. The normalized spacial score (nSPS) is 10.6. The van der Waals surface area contributed by atoms with Crippen LogP contribution in [0.1, 0.15) is 15.9 Å². The molecule has 0 bridgehead atoms. The average Bonchev–Trinajstić information content (AvgIpc) is 2.90. The molecule has 0 saturated carbocycles. The van der Waals surface area contributed by atoms with E-state index in [4.69, 9.17) is 5.73 Å². The number of anilines is 1. The fourth-order valence-corrected chi connectivity index (χ4v) is 2.08. The predicted octanol–water partition coefficient (Wildman–Crippen LogP) is 2.96. The molecule has 2 aromatic carbocycles. The van der Waals surface area contributed by atoms with E-state index in [-0.39, 0.29) is 23.0 Å². The molecule has 0 aliphatic heterocycles. The van der Waals surface area contributed by atoms with Crippen LogP contribution in [-0.4, -0.2) is 15.6 Å². The Morgan fingerprint density at radius 2 is 1.50 bits per heavy atom. The molecule has 3 aromatic rings. The number of aromatic nitrogens is 2. The Morgan fingerprint density at radius 1 is 0.955 bits per heavy atom. The quantitative estimate of drug-likeness (QED) is 0.756. The summed E-state index contributed by atoms with van der Waals surface area (Å²) in [5.41, 5.74) is 7.01. The third-order valence-electron chi connectivity index (χ3n) is 3.23. The molecule has 0 aliphatic rings. The fraction of sp³-hybridized carbons (Fsp3) is 0. The lowest BCUT2D eigenvalue weighted by Crippen LogP contribution is -2.07. The zero-order valence-electron chi connectivity index (χ0n) is 11.3. The van der Waals surface area contributed by atoms with Crippen LogP contribution in [0.2, 0.25) is 0 Å². The molecule has 1 aromatic heterocycles. The molecule has 6 heteroatoms. The summed E-state index contributed by atoms with van der Waals surface area (Å²) in [6, 6.07) is 10.7. The number of hydrogen-bond donors (Lipinski definition) is 1. The van der Waals surface area contributed by atoms with E-state index in [1.165, 1.54) is 59.4 Å². The fourth-order valence-electron chi connectivity index (χ4n) is 2.08. The Morgan fingerprint density at radius 3 is 2.09 bits per heavy atom. The highest BCUT2D eigenvalue weighted by Crippen LogP contribution is 2.20. The zero-order chi connectivity index (χ0) is 15.7. The van der Waals surface area contributed by atoms with Crippen LogP contribution in [0.15, 0.2) is 54.7 Å². The highest BCUT2D eigenvalue weighted by atomic mass is 19.1. The molecule has 22 heavy (non-hydrogen) atoms. The number of ketones is 1. The van der Waals surface area contributed by atoms with Gasteiger partial charge in [0.15, 0.2) is 5.78 Å². The Hall–Kier alpha value is -3.02. The van der Waals surface area contributed by atoms with Gasteiger partial charge in [-0.3, -0.25) is 4.79 Å². The van der Waals surface area contributed by atoms with Gasteiger partial charge < -0.3 is 5.73 Å². The number of carbonyl (C=O) groups is 1. The number of nitrogen functional groups attached to an aromatic ring is 1. The predicted molar refractivity (Wildman–Crippen MR) is 77.8 cm³/mol. The van der Waals surface area contributed by atoms with E-state index in [0.717, 1.165) is 0 Å². The summed E-state index contributed by atoms with van der Waals surface area (Å²) in [6.45, 7) is 0. The standard InChI is InChI=1S/C16H11F2N3O/c17-11-3-1-10(2-4-11)15(22)14-9-20-21(16(14)19)13-7-5-12(18)6-8-13/h1-9H,19H2. The van der Waals surface area contributed by atoms with Crippen LogP contribution >= 0.6 is 0 Å². The first-order valence-electron chi connectivity index (χ1n) is 6.46. The number of nitrogens with zero attached hydrogens (tertiary/aromatic N) is 2. The lowest BCUT2D eigenvalue weighted by molar-refractivity contribution is 0.103. The summed E-state index contributed by atoms with van der Waals surface area (Å²) in [6.07, 6.45) is 1.34. The number of halogens is 2. The van der Waals surface area contributed by atoms with Crippen LogP contribution in [0.5, 0.6) is 0 Å². The Balaban J connectivity index is 1.98. The summed E-state index contributed by atoms with van der Waals surface area (Å²) in [7, 11) is 0. The molecular weight excluding hydrogens is 288 g/mol. The van der Waals surface area contributed by atoms with Gasteiger partial charge in [-0.25, -0.2) is 13.5 Å². The minimum Gasteiger partial charge on any atom is -0.383 e. The second kappa shape index (κ2) is 5.40. The molecule has 2 N–H and O–H groups in total. The van der Waals surface area contributed by atoms with Crippen molar-refractivity contribution in [3.05, 3.63) is 77.5 Å². The number of benzene rings is 2. The first-order chi connectivity index (χ1) is 10.6. The smallest absolute Gasteiger partial charge is 0.198 e. The van der Waals surface area contributed by atoms with Crippen molar-refractivity contribution in [1.82, 2.24) is 9.78 Å². The van der Waals surface area contributed by atoms with Gasteiger partial charge in [0.2, 0.25) is 0 Å². The van der Waals surface area contributed by atoms with E-state index in [9.17, 15) is 13.6 Å². The summed E-state index contributed by atoms with van der Waals surface area (Å²) in [4.78, 5) is 12.4. The van der Waals surface area contributed by atoms with Gasteiger partial charge in [-0.2, -0.15) is 5.10 Å². The molecule has 110 valence electrons. The number of rotatable bonds is 3. The van der Waals surface area contributed by atoms with Gasteiger partial charge >= 0.3 is 0 Å². The van der Waals surface area contributed by atoms with Gasteiger partial charge in [0.05, 0.1) is 17.4 Å². The monoisotopic (exact) mass is 299 g/mol. The zero-order valence-corrected chi connectivity index (χ0v) is 11.3. The summed E-state index contributed by atoms with van der Waals surface area (Å²) in [5.74, 6) is -1.02. The SMILES string of the molecule is Nc1c(C(=O)c2ccc(F)cc2)cnn1-c1ccc(F)cc1. The van der Waals surface area contributed by atoms with Crippen molar-refractivity contribution >= 4 is 11.6 Å². The van der Waals surface area contributed by atoms with Crippen molar-refractivity contribution in [3.8, 4) is 5.69 Å². The van der Waals surface area contributed by atoms with E-state index in [1.54, 1.807) is 0 Å². The molecule has 4 nitrogen and oxygen atoms in total. The molecule has 0 unspecified atom stereocenters. The van der Waals surface area contributed by atoms with E-state index < -0.39 is 5.82 Å². The van der Waals surface area contributed by atoms with Crippen molar-refractivity contribution in [1.29, 1.82) is 0 Å². The van der Waals surface area contributed by atoms with E-state index in [1.807, 2.05) is 0 Å². The van der Waals surface area contributed by atoms with Gasteiger partial charge in [-0.05, 0) is 48.5 Å². The highest BCUT2D eigenvalue weighted by molar-refractivity contribution is 6.11. The summed E-state index contributed by atoms with van der Waals surface area (Å²) >= 11 is 0. The number of nitrogens with two attached hydrogens (primary N) is 1. The number of hydrogen-bond acceptors (Lipinski definition) is 3. The molecule has 0 fully saturated rings. The maximum atomic E-state index is 12.9. The van der Waals surface area contributed by atoms with Crippen LogP contribution in [0.3, 0.4) is 0 Å². The van der Waals surface area contributed by atoms with Crippen molar-refractivity contribution in [2.24, 2.45) is 0 Å². The lowest BCUT2D eigenvalue weighted by atomic mass is 10.1. The van der Waals surface area contributed by atoms with Crippen molar-refractivity contribution in [2.75, 3.05) is 5.73 Å². The minimum atomic E-state index is -0.425. The van der Waals surface area contributed by atoms with Gasteiger partial charge in [0, 0.05) is 5.56 Å². The third-order valence-corrected chi connectivity index (χ3v) is 3.23. The highest BCUT2D eigenvalue weighted by Gasteiger charge is 2.17. The molecular formula is C16H11F2N3O. The van der Waals surface area contributed by atoms with Gasteiger partial charge in [-0.1, -0.05) is 0 Å². The van der Waals surface area contributed by atoms with Gasteiger partial charge in [0.1, 0.15) is 17.5 Å². The molecule has 3 rings (SSSR count). The molecule has 0 saturated heterocycles. The Kier molecular flexibility index (Phi) is 3.42. The second-order valence-electron chi connectivity index (χ2n) is 4.67. The van der Waals surface area contributed by atoms with Crippen LogP contribution in [0.4, 0.5) is 14.6 Å². The first kappa shape index (κ1) is 13.9. The van der Waals surface area contributed by atoms with Crippen molar-refractivity contribution < 1.29 is 13.6 Å².